The van der Waals surface area contributed by atoms with Gasteiger partial charge >= 0.3 is 0 Å². The van der Waals surface area contributed by atoms with E-state index in [0.717, 1.165) is 5.56 Å². The predicted octanol–water partition coefficient (Wildman–Crippen LogP) is 2.94. The summed E-state index contributed by atoms with van der Waals surface area (Å²) in [6.07, 6.45) is 1.44. The zero-order valence-electron chi connectivity index (χ0n) is 10.3. The number of nitriles is 1. The molecular formula is C14H13N3O. The standard InChI is InChI=1S/C14H13N3O/c1-9-3-4-12(5-10(9)2)18-14-13(16)6-11(7-15)8-17-14/h3-6,8H,16H2,1-2H3. The molecule has 0 fully saturated rings. The number of nitrogens with two attached hydrogens (primary N) is 1. The number of hydrogen-bond donors (Lipinski definition) is 1. The number of benzene rings is 1. The fraction of sp³-hybridized carbons (Fsp3) is 0.143. The number of aryl methyl sites for hydroxylation is 2. The first-order chi connectivity index (χ1) is 8.60. The zero-order chi connectivity index (χ0) is 13.1. The van der Waals surface area contributed by atoms with E-state index in [1.165, 1.54) is 11.8 Å². The van der Waals surface area contributed by atoms with Gasteiger partial charge in [-0.25, -0.2) is 4.98 Å². The molecule has 2 N–H and O–H groups in total. The average molecular weight is 239 g/mol. The van der Waals surface area contributed by atoms with Crippen LogP contribution in [0.2, 0.25) is 0 Å². The number of rotatable bonds is 2. The van der Waals surface area contributed by atoms with E-state index in [1.54, 1.807) is 6.07 Å². The summed E-state index contributed by atoms with van der Waals surface area (Å²) >= 11 is 0. The number of nitrogens with zero attached hydrogens (tertiary/aromatic N) is 2. The van der Waals surface area contributed by atoms with Crippen molar-refractivity contribution >= 4 is 5.69 Å². The molecule has 0 atom stereocenters. The molecule has 4 nitrogen and oxygen atoms in total. The zero-order valence-corrected chi connectivity index (χ0v) is 10.3. The van der Waals surface area contributed by atoms with Crippen LogP contribution < -0.4 is 10.5 Å². The van der Waals surface area contributed by atoms with Gasteiger partial charge in [0.15, 0.2) is 0 Å². The van der Waals surface area contributed by atoms with E-state index in [4.69, 9.17) is 15.7 Å². The molecule has 1 aromatic carbocycles. The highest BCUT2D eigenvalue weighted by Crippen LogP contribution is 2.26. The molecule has 0 saturated heterocycles. The molecule has 2 aromatic rings. The largest absolute Gasteiger partial charge is 0.437 e. The van der Waals surface area contributed by atoms with E-state index >= 15 is 0 Å². The Bertz CT molecular complexity index is 629. The molecule has 4 heteroatoms. The Kier molecular flexibility index (Phi) is 3.16. The van der Waals surface area contributed by atoms with E-state index in [9.17, 15) is 0 Å². The van der Waals surface area contributed by atoms with E-state index in [2.05, 4.69) is 4.98 Å². The lowest BCUT2D eigenvalue weighted by Gasteiger charge is -2.08. The molecule has 0 radical (unpaired) electrons. The molecule has 0 aliphatic rings. The Labute approximate surface area is 106 Å². The van der Waals surface area contributed by atoms with Gasteiger partial charge in [0.1, 0.15) is 11.8 Å². The number of pyridine rings is 1. The molecule has 0 spiro atoms. The van der Waals surface area contributed by atoms with Crippen molar-refractivity contribution in [3.05, 3.63) is 47.2 Å². The van der Waals surface area contributed by atoms with Crippen molar-refractivity contribution in [2.45, 2.75) is 13.8 Å². The van der Waals surface area contributed by atoms with Gasteiger partial charge in [0, 0.05) is 6.20 Å². The maximum Gasteiger partial charge on any atom is 0.242 e. The average Bonchev–Trinajstić information content (AvgIpc) is 2.36. The topological polar surface area (TPSA) is 71.9 Å². The summed E-state index contributed by atoms with van der Waals surface area (Å²) in [6, 6.07) is 9.29. The van der Waals surface area contributed by atoms with Crippen molar-refractivity contribution in [1.29, 1.82) is 5.26 Å². The summed E-state index contributed by atoms with van der Waals surface area (Å²) in [5.74, 6) is 0.999. The predicted molar refractivity (Wildman–Crippen MR) is 69.4 cm³/mol. The second-order valence-corrected chi connectivity index (χ2v) is 4.08. The van der Waals surface area contributed by atoms with E-state index in [-0.39, 0.29) is 0 Å². The van der Waals surface area contributed by atoms with Crippen LogP contribution in [0.25, 0.3) is 0 Å². The smallest absolute Gasteiger partial charge is 0.242 e. The third-order valence-corrected chi connectivity index (χ3v) is 2.70. The second kappa shape index (κ2) is 4.76. The molecule has 1 heterocycles. The summed E-state index contributed by atoms with van der Waals surface area (Å²) in [5, 5.41) is 8.72. The van der Waals surface area contributed by atoms with Gasteiger partial charge in [-0.3, -0.25) is 0 Å². The quantitative estimate of drug-likeness (QED) is 0.874. The molecule has 0 aliphatic heterocycles. The summed E-state index contributed by atoms with van der Waals surface area (Å²) < 4.78 is 5.60. The van der Waals surface area contributed by atoms with Gasteiger partial charge in [0.2, 0.25) is 5.88 Å². The molecule has 1 aromatic heterocycles. The minimum absolute atomic E-state index is 0.317. The molecule has 18 heavy (non-hydrogen) atoms. The Morgan fingerprint density at radius 2 is 2.00 bits per heavy atom. The number of hydrogen-bond acceptors (Lipinski definition) is 4. The van der Waals surface area contributed by atoms with Gasteiger partial charge in [0.05, 0.1) is 11.3 Å². The third-order valence-electron chi connectivity index (χ3n) is 2.70. The Balaban J connectivity index is 2.29. The van der Waals surface area contributed by atoms with Crippen LogP contribution in [-0.2, 0) is 0 Å². The number of aromatic nitrogens is 1. The highest BCUT2D eigenvalue weighted by molar-refractivity contribution is 5.53. The van der Waals surface area contributed by atoms with Crippen LogP contribution in [-0.4, -0.2) is 4.98 Å². The minimum atomic E-state index is 0.317. The maximum atomic E-state index is 8.72. The van der Waals surface area contributed by atoms with Crippen molar-refractivity contribution in [3.8, 4) is 17.7 Å². The summed E-state index contributed by atoms with van der Waals surface area (Å²) in [5.41, 5.74) is 8.88. The van der Waals surface area contributed by atoms with Crippen LogP contribution in [0.4, 0.5) is 5.69 Å². The molecule has 0 unspecified atom stereocenters. The maximum absolute atomic E-state index is 8.72. The van der Waals surface area contributed by atoms with Crippen molar-refractivity contribution in [2.24, 2.45) is 0 Å². The van der Waals surface area contributed by atoms with Crippen molar-refractivity contribution in [1.82, 2.24) is 4.98 Å². The summed E-state index contributed by atoms with van der Waals surface area (Å²) in [7, 11) is 0. The Hall–Kier alpha value is -2.54. The van der Waals surface area contributed by atoms with Crippen LogP contribution in [0, 0.1) is 25.2 Å². The Morgan fingerprint density at radius 3 is 2.61 bits per heavy atom. The lowest BCUT2D eigenvalue weighted by atomic mass is 10.1. The molecule has 0 amide bonds. The van der Waals surface area contributed by atoms with Crippen LogP contribution in [0.1, 0.15) is 16.7 Å². The van der Waals surface area contributed by atoms with E-state index < -0.39 is 0 Å². The van der Waals surface area contributed by atoms with Gasteiger partial charge < -0.3 is 10.5 Å². The van der Waals surface area contributed by atoms with Crippen LogP contribution in [0.5, 0.6) is 11.6 Å². The first kappa shape index (κ1) is 11.9. The fourth-order valence-electron chi connectivity index (χ4n) is 1.50. The minimum Gasteiger partial charge on any atom is -0.437 e. The van der Waals surface area contributed by atoms with Gasteiger partial charge in [0.25, 0.3) is 0 Å². The molecule has 0 bridgehead atoms. The number of anilines is 1. The van der Waals surface area contributed by atoms with E-state index in [1.807, 2.05) is 38.1 Å². The Morgan fingerprint density at radius 1 is 1.22 bits per heavy atom. The van der Waals surface area contributed by atoms with Gasteiger partial charge in [-0.1, -0.05) is 6.07 Å². The van der Waals surface area contributed by atoms with Crippen molar-refractivity contribution in [2.75, 3.05) is 5.73 Å². The SMILES string of the molecule is Cc1ccc(Oc2ncc(C#N)cc2N)cc1C. The van der Waals surface area contributed by atoms with Crippen molar-refractivity contribution in [3.63, 3.8) is 0 Å². The van der Waals surface area contributed by atoms with Crippen LogP contribution >= 0.6 is 0 Å². The van der Waals surface area contributed by atoms with Gasteiger partial charge in [-0.15, -0.1) is 0 Å². The normalized spacial score (nSPS) is 9.83. The molecule has 0 aliphatic carbocycles. The van der Waals surface area contributed by atoms with Crippen LogP contribution in [0.15, 0.2) is 30.5 Å². The number of ether oxygens (including phenoxy) is 1. The highest BCUT2D eigenvalue weighted by Gasteiger charge is 2.06. The number of nitrogen functional groups attached to an aromatic ring is 1. The lowest BCUT2D eigenvalue weighted by molar-refractivity contribution is 0.465. The fourth-order valence-corrected chi connectivity index (χ4v) is 1.50. The molecule has 2 rings (SSSR count). The summed E-state index contributed by atoms with van der Waals surface area (Å²) in [4.78, 5) is 4.03. The van der Waals surface area contributed by atoms with Crippen molar-refractivity contribution < 1.29 is 4.74 Å². The highest BCUT2D eigenvalue weighted by atomic mass is 16.5. The van der Waals surface area contributed by atoms with E-state index in [0.29, 0.717) is 22.9 Å². The lowest BCUT2D eigenvalue weighted by Crippen LogP contribution is -1.96. The summed E-state index contributed by atoms with van der Waals surface area (Å²) in [6.45, 7) is 4.05. The first-order valence-corrected chi connectivity index (χ1v) is 5.51. The monoisotopic (exact) mass is 239 g/mol. The molecule has 90 valence electrons. The molecule has 0 saturated carbocycles. The van der Waals surface area contributed by atoms with Gasteiger partial charge in [-0.05, 0) is 43.2 Å². The molecular weight excluding hydrogens is 226 g/mol. The second-order valence-electron chi connectivity index (χ2n) is 4.08. The first-order valence-electron chi connectivity index (χ1n) is 5.51. The van der Waals surface area contributed by atoms with Crippen LogP contribution in [0.3, 0.4) is 0 Å². The third kappa shape index (κ3) is 2.41. The van der Waals surface area contributed by atoms with Gasteiger partial charge in [-0.2, -0.15) is 5.26 Å².